The molecule has 0 radical (unpaired) electrons. The Bertz CT molecular complexity index is 1510. The quantitative estimate of drug-likeness (QED) is 0.431. The van der Waals surface area contributed by atoms with Crippen molar-refractivity contribution in [1.29, 1.82) is 0 Å². The largest absolute Gasteiger partial charge is 0.489 e. The van der Waals surface area contributed by atoms with E-state index in [9.17, 15) is 18.0 Å². The second-order valence-corrected chi connectivity index (χ2v) is 9.19. The molecule has 4 rings (SSSR count). The molecule has 1 amide bonds. The van der Waals surface area contributed by atoms with Crippen LogP contribution in [-0.2, 0) is 16.6 Å². The lowest BCUT2D eigenvalue weighted by molar-refractivity contribution is 0.1000. The third kappa shape index (κ3) is 5.21. The fraction of sp³-hybridized carbons (Fsp3) is 0.0833. The molecule has 0 atom stereocenters. The van der Waals surface area contributed by atoms with E-state index in [4.69, 9.17) is 14.9 Å². The number of ether oxygens (including phenoxy) is 1. The van der Waals surface area contributed by atoms with E-state index in [1.807, 2.05) is 6.07 Å². The van der Waals surface area contributed by atoms with Gasteiger partial charge in [-0.1, -0.05) is 24.3 Å². The monoisotopic (exact) mass is 464 g/mol. The summed E-state index contributed by atoms with van der Waals surface area (Å²) in [6, 6.07) is 18.2. The third-order valence-corrected chi connectivity index (χ3v) is 5.47. The fourth-order valence-corrected chi connectivity index (χ4v) is 3.87. The van der Waals surface area contributed by atoms with Crippen molar-refractivity contribution in [2.24, 2.45) is 5.73 Å². The van der Waals surface area contributed by atoms with Crippen molar-refractivity contribution in [3.05, 3.63) is 94.3 Å². The molecule has 9 heteroatoms. The highest BCUT2D eigenvalue weighted by molar-refractivity contribution is 7.92. The Labute approximate surface area is 189 Å². The number of amides is 1. The zero-order chi connectivity index (χ0) is 23.6. The van der Waals surface area contributed by atoms with Gasteiger partial charge in [-0.25, -0.2) is 8.42 Å². The number of fused-ring (bicyclic) bond motifs is 1. The Morgan fingerprint density at radius 2 is 1.82 bits per heavy atom. The van der Waals surface area contributed by atoms with E-state index in [0.717, 1.165) is 11.8 Å². The summed E-state index contributed by atoms with van der Waals surface area (Å²) in [5, 5.41) is 0.383. The number of hydrogen-bond donors (Lipinski definition) is 2. The van der Waals surface area contributed by atoms with Gasteiger partial charge in [-0.3, -0.25) is 14.3 Å². The summed E-state index contributed by atoms with van der Waals surface area (Å²) in [5.74, 6) is -0.0134. The number of benzene rings is 3. The maximum absolute atomic E-state index is 13.0. The maximum Gasteiger partial charge on any atom is 0.248 e. The standard InChI is InChI=1S/C24H20N2O6S/c1-33(29,30)26-18-7-5-16(6-8-18)21-14-32-22-12-19(9-10-20(22)23(21)27)31-13-15-3-2-4-17(11-15)24(25)28/h2-12,14,26H,13H2,1H3,(H2,25,28). The second kappa shape index (κ2) is 8.79. The first-order valence-electron chi connectivity index (χ1n) is 9.85. The highest BCUT2D eigenvalue weighted by Gasteiger charge is 2.11. The summed E-state index contributed by atoms with van der Waals surface area (Å²) >= 11 is 0. The van der Waals surface area contributed by atoms with Crippen LogP contribution in [0.15, 0.2) is 82.2 Å². The molecular weight excluding hydrogens is 444 g/mol. The van der Waals surface area contributed by atoms with Gasteiger partial charge in [0.15, 0.2) is 5.43 Å². The third-order valence-electron chi connectivity index (χ3n) is 4.86. The molecule has 0 spiro atoms. The number of carbonyl (C=O) groups excluding carboxylic acids is 1. The lowest BCUT2D eigenvalue weighted by atomic mass is 10.1. The fourth-order valence-electron chi connectivity index (χ4n) is 3.31. The summed E-state index contributed by atoms with van der Waals surface area (Å²) < 4.78 is 36.5. The first kappa shape index (κ1) is 22.1. The summed E-state index contributed by atoms with van der Waals surface area (Å²) in [4.78, 5) is 24.3. The van der Waals surface area contributed by atoms with Crippen molar-refractivity contribution < 1.29 is 22.4 Å². The van der Waals surface area contributed by atoms with Crippen LogP contribution in [0.2, 0.25) is 0 Å². The highest BCUT2D eigenvalue weighted by atomic mass is 32.2. The summed E-state index contributed by atoms with van der Waals surface area (Å²) in [6.07, 6.45) is 2.43. The molecule has 3 aromatic carbocycles. The molecule has 4 aromatic rings. The van der Waals surface area contributed by atoms with Crippen molar-refractivity contribution in [2.75, 3.05) is 11.0 Å². The van der Waals surface area contributed by atoms with Gasteiger partial charge in [-0.2, -0.15) is 0 Å². The molecule has 1 aromatic heterocycles. The normalized spacial score (nSPS) is 11.3. The summed E-state index contributed by atoms with van der Waals surface area (Å²) in [7, 11) is -3.39. The number of nitrogens with two attached hydrogens (primary N) is 1. The van der Waals surface area contributed by atoms with E-state index < -0.39 is 15.9 Å². The Morgan fingerprint density at radius 1 is 1.06 bits per heavy atom. The van der Waals surface area contributed by atoms with Crippen LogP contribution in [0.3, 0.4) is 0 Å². The lowest BCUT2D eigenvalue weighted by Crippen LogP contribution is -2.11. The van der Waals surface area contributed by atoms with Gasteiger partial charge in [0, 0.05) is 17.3 Å². The van der Waals surface area contributed by atoms with Crippen LogP contribution in [-0.4, -0.2) is 20.6 Å². The Balaban J connectivity index is 1.56. The topological polar surface area (TPSA) is 129 Å². The van der Waals surface area contributed by atoms with Gasteiger partial charge >= 0.3 is 0 Å². The van der Waals surface area contributed by atoms with Crippen LogP contribution >= 0.6 is 0 Å². The predicted molar refractivity (Wildman–Crippen MR) is 126 cm³/mol. The number of primary amides is 1. The predicted octanol–water partition coefficient (Wildman–Crippen LogP) is 3.51. The van der Waals surface area contributed by atoms with Gasteiger partial charge in [-0.15, -0.1) is 0 Å². The van der Waals surface area contributed by atoms with Crippen molar-refractivity contribution in [1.82, 2.24) is 0 Å². The molecular formula is C24H20N2O6S. The molecule has 33 heavy (non-hydrogen) atoms. The number of carbonyl (C=O) groups is 1. The molecule has 0 aliphatic heterocycles. The van der Waals surface area contributed by atoms with Crippen LogP contribution < -0.4 is 20.6 Å². The second-order valence-electron chi connectivity index (χ2n) is 7.44. The smallest absolute Gasteiger partial charge is 0.248 e. The average Bonchev–Trinajstić information content (AvgIpc) is 2.78. The Hall–Kier alpha value is -4.11. The molecule has 0 bridgehead atoms. The molecule has 0 aliphatic carbocycles. The van der Waals surface area contributed by atoms with Gasteiger partial charge in [-0.05, 0) is 47.5 Å². The van der Waals surface area contributed by atoms with Crippen LogP contribution in [0.1, 0.15) is 15.9 Å². The highest BCUT2D eigenvalue weighted by Crippen LogP contribution is 2.25. The van der Waals surface area contributed by atoms with E-state index in [0.29, 0.717) is 39.1 Å². The van der Waals surface area contributed by atoms with E-state index in [-0.39, 0.29) is 12.0 Å². The minimum Gasteiger partial charge on any atom is -0.489 e. The molecule has 0 saturated heterocycles. The number of hydrogen-bond acceptors (Lipinski definition) is 6. The average molecular weight is 464 g/mol. The molecule has 3 N–H and O–H groups in total. The Morgan fingerprint density at radius 3 is 2.52 bits per heavy atom. The van der Waals surface area contributed by atoms with Crippen LogP contribution in [0.25, 0.3) is 22.1 Å². The maximum atomic E-state index is 13.0. The van der Waals surface area contributed by atoms with Crippen LogP contribution in [0, 0.1) is 0 Å². The van der Waals surface area contributed by atoms with Gasteiger partial charge < -0.3 is 14.9 Å². The van der Waals surface area contributed by atoms with E-state index >= 15 is 0 Å². The zero-order valence-corrected chi connectivity index (χ0v) is 18.4. The number of nitrogens with one attached hydrogen (secondary N) is 1. The van der Waals surface area contributed by atoms with Gasteiger partial charge in [0.2, 0.25) is 15.9 Å². The zero-order valence-electron chi connectivity index (χ0n) is 17.6. The van der Waals surface area contributed by atoms with Gasteiger partial charge in [0.05, 0.1) is 17.2 Å². The summed E-state index contributed by atoms with van der Waals surface area (Å²) in [6.45, 7) is 0.211. The van der Waals surface area contributed by atoms with E-state index in [1.54, 1.807) is 60.7 Å². The van der Waals surface area contributed by atoms with Crippen molar-refractivity contribution in [3.8, 4) is 16.9 Å². The first-order chi connectivity index (χ1) is 15.7. The summed E-state index contributed by atoms with van der Waals surface area (Å²) in [5.41, 5.74) is 7.96. The van der Waals surface area contributed by atoms with Crippen LogP contribution in [0.4, 0.5) is 5.69 Å². The Kier molecular flexibility index (Phi) is 5.89. The van der Waals surface area contributed by atoms with Gasteiger partial charge in [0.1, 0.15) is 24.2 Å². The number of anilines is 1. The molecule has 0 unspecified atom stereocenters. The van der Waals surface area contributed by atoms with Gasteiger partial charge in [0.25, 0.3) is 0 Å². The number of rotatable bonds is 7. The van der Waals surface area contributed by atoms with Crippen molar-refractivity contribution in [2.45, 2.75) is 6.61 Å². The SMILES string of the molecule is CS(=O)(=O)Nc1ccc(-c2coc3cc(OCc4cccc(C(N)=O)c4)ccc3c2=O)cc1. The molecule has 1 heterocycles. The lowest BCUT2D eigenvalue weighted by Gasteiger charge is -2.09. The molecule has 8 nitrogen and oxygen atoms in total. The first-order valence-corrected chi connectivity index (χ1v) is 11.7. The van der Waals surface area contributed by atoms with Crippen molar-refractivity contribution in [3.63, 3.8) is 0 Å². The van der Waals surface area contributed by atoms with E-state index in [2.05, 4.69) is 4.72 Å². The molecule has 0 fully saturated rings. The molecule has 0 saturated carbocycles. The van der Waals surface area contributed by atoms with E-state index in [1.165, 1.54) is 6.26 Å². The van der Waals surface area contributed by atoms with Crippen molar-refractivity contribution >= 4 is 32.6 Å². The minimum atomic E-state index is -3.39. The van der Waals surface area contributed by atoms with Crippen LogP contribution in [0.5, 0.6) is 5.75 Å². The number of sulfonamides is 1. The molecule has 0 aliphatic rings. The minimum absolute atomic E-state index is 0.211. The molecule has 168 valence electrons.